The number of pyridine rings is 1. The van der Waals surface area contributed by atoms with Crippen LogP contribution in [0.1, 0.15) is 36.2 Å². The molecule has 1 fully saturated rings. The average Bonchev–Trinajstić information content (AvgIpc) is 2.93. The molecule has 1 saturated heterocycles. The largest absolute Gasteiger partial charge is 0.355 e. The molecule has 1 N–H and O–H groups in total. The van der Waals surface area contributed by atoms with Gasteiger partial charge >= 0.3 is 0 Å². The van der Waals surface area contributed by atoms with Gasteiger partial charge in [0.25, 0.3) is 5.91 Å². The van der Waals surface area contributed by atoms with Gasteiger partial charge in [0.05, 0.1) is 6.20 Å². The molecule has 3 aromatic rings. The van der Waals surface area contributed by atoms with Crippen molar-refractivity contribution in [2.24, 2.45) is 7.05 Å². The number of carbonyl (C=O) groups is 1. The summed E-state index contributed by atoms with van der Waals surface area (Å²) in [7, 11) is 1.84. The average molecular weight is 411 g/mol. The van der Waals surface area contributed by atoms with Gasteiger partial charge in [-0.2, -0.15) is 5.10 Å². The Labute approximate surface area is 173 Å². The van der Waals surface area contributed by atoms with E-state index < -0.39 is 17.5 Å². The van der Waals surface area contributed by atoms with E-state index in [1.165, 1.54) is 37.1 Å². The number of aromatic nitrogens is 3. The van der Waals surface area contributed by atoms with E-state index in [-0.39, 0.29) is 17.0 Å². The van der Waals surface area contributed by atoms with Gasteiger partial charge in [0.2, 0.25) is 0 Å². The molecule has 1 aliphatic heterocycles. The van der Waals surface area contributed by atoms with Gasteiger partial charge in [0.1, 0.15) is 28.7 Å². The Bertz CT molecular complexity index is 1060. The smallest absolute Gasteiger partial charge is 0.274 e. The number of anilines is 2. The van der Waals surface area contributed by atoms with E-state index in [0.717, 1.165) is 37.8 Å². The zero-order valence-electron chi connectivity index (χ0n) is 16.7. The van der Waals surface area contributed by atoms with Crippen molar-refractivity contribution in [3.8, 4) is 11.3 Å². The number of nitrogens with one attached hydrogen (secondary N) is 1. The first-order chi connectivity index (χ1) is 14.5. The summed E-state index contributed by atoms with van der Waals surface area (Å²) in [6.07, 6.45) is 6.15. The van der Waals surface area contributed by atoms with Crippen molar-refractivity contribution in [2.75, 3.05) is 23.3 Å². The Morgan fingerprint density at radius 3 is 2.47 bits per heavy atom. The van der Waals surface area contributed by atoms with Gasteiger partial charge in [-0.25, -0.2) is 13.8 Å². The number of amides is 1. The van der Waals surface area contributed by atoms with Crippen molar-refractivity contribution in [3.05, 3.63) is 59.9 Å². The van der Waals surface area contributed by atoms with Crippen molar-refractivity contribution in [2.45, 2.75) is 25.7 Å². The first-order valence-corrected chi connectivity index (χ1v) is 10.0. The van der Waals surface area contributed by atoms with Crippen LogP contribution < -0.4 is 10.2 Å². The Hall–Kier alpha value is -3.29. The van der Waals surface area contributed by atoms with Gasteiger partial charge in [0, 0.05) is 25.7 Å². The van der Waals surface area contributed by atoms with Crippen LogP contribution in [-0.2, 0) is 7.05 Å². The molecule has 8 heteroatoms. The number of rotatable bonds is 4. The van der Waals surface area contributed by atoms with Gasteiger partial charge in [-0.05, 0) is 37.1 Å². The third-order valence-electron chi connectivity index (χ3n) is 5.27. The van der Waals surface area contributed by atoms with Crippen LogP contribution in [0.3, 0.4) is 0 Å². The van der Waals surface area contributed by atoms with Crippen LogP contribution in [0.25, 0.3) is 11.3 Å². The number of carbonyl (C=O) groups excluding carboxylic acids is 1. The minimum atomic E-state index is -0.691. The van der Waals surface area contributed by atoms with Crippen LogP contribution in [0.15, 0.2) is 42.6 Å². The van der Waals surface area contributed by atoms with E-state index >= 15 is 0 Å². The quantitative estimate of drug-likeness (QED) is 0.692. The maximum absolute atomic E-state index is 14.3. The van der Waals surface area contributed by atoms with Crippen molar-refractivity contribution in [1.82, 2.24) is 14.8 Å². The third kappa shape index (κ3) is 4.03. The van der Waals surface area contributed by atoms with E-state index in [2.05, 4.69) is 20.3 Å². The molecule has 6 nitrogen and oxygen atoms in total. The highest BCUT2D eigenvalue weighted by atomic mass is 19.1. The number of hydrogen-bond donors (Lipinski definition) is 1. The van der Waals surface area contributed by atoms with E-state index in [1.54, 1.807) is 16.9 Å². The van der Waals surface area contributed by atoms with Crippen molar-refractivity contribution >= 4 is 17.4 Å². The van der Waals surface area contributed by atoms with Crippen LogP contribution in [0.2, 0.25) is 0 Å². The topological polar surface area (TPSA) is 63.1 Å². The Balaban J connectivity index is 1.61. The molecule has 1 aliphatic rings. The number of hydrogen-bond acceptors (Lipinski definition) is 4. The number of benzene rings is 1. The summed E-state index contributed by atoms with van der Waals surface area (Å²) in [6, 6.07) is 8.18. The fraction of sp³-hybridized carbons (Fsp3) is 0.318. The molecule has 0 atom stereocenters. The SMILES string of the molecule is Cn1ncc(NC(=O)c2ccc(F)c(-c3ccccc3F)n2)c1N1CCCCCC1. The molecule has 2 aromatic heterocycles. The molecular formula is C22H23F2N5O. The van der Waals surface area contributed by atoms with Crippen molar-refractivity contribution < 1.29 is 13.6 Å². The van der Waals surface area contributed by atoms with E-state index in [9.17, 15) is 13.6 Å². The van der Waals surface area contributed by atoms with Crippen LogP contribution in [0.5, 0.6) is 0 Å². The highest BCUT2D eigenvalue weighted by molar-refractivity contribution is 6.04. The molecular weight excluding hydrogens is 388 g/mol. The van der Waals surface area contributed by atoms with Gasteiger partial charge in [-0.15, -0.1) is 0 Å². The van der Waals surface area contributed by atoms with Crippen molar-refractivity contribution in [3.63, 3.8) is 0 Å². The molecule has 0 bridgehead atoms. The van der Waals surface area contributed by atoms with Crippen LogP contribution in [0, 0.1) is 11.6 Å². The molecule has 3 heterocycles. The molecule has 1 aromatic carbocycles. The molecule has 1 amide bonds. The zero-order chi connectivity index (χ0) is 21.1. The second-order valence-corrected chi connectivity index (χ2v) is 7.37. The molecule has 0 aliphatic carbocycles. The highest BCUT2D eigenvalue weighted by Gasteiger charge is 2.21. The Morgan fingerprint density at radius 2 is 1.73 bits per heavy atom. The molecule has 0 radical (unpaired) electrons. The second-order valence-electron chi connectivity index (χ2n) is 7.37. The lowest BCUT2D eigenvalue weighted by Crippen LogP contribution is -2.27. The predicted molar refractivity (Wildman–Crippen MR) is 111 cm³/mol. The first-order valence-electron chi connectivity index (χ1n) is 10.0. The van der Waals surface area contributed by atoms with E-state index in [4.69, 9.17) is 0 Å². The standard InChI is InChI=1S/C22H23F2N5O/c1-28-22(29-12-6-2-3-7-13-29)19(14-25-28)27-21(30)18-11-10-17(24)20(26-18)15-8-4-5-9-16(15)23/h4-5,8-11,14H,2-3,6-7,12-13H2,1H3,(H,27,30). The van der Waals surface area contributed by atoms with E-state index in [1.807, 2.05) is 7.05 Å². The molecule has 0 unspecified atom stereocenters. The summed E-state index contributed by atoms with van der Waals surface area (Å²) >= 11 is 0. The molecule has 156 valence electrons. The van der Waals surface area contributed by atoms with Gasteiger partial charge in [0.15, 0.2) is 5.82 Å². The minimum absolute atomic E-state index is 0.000299. The minimum Gasteiger partial charge on any atom is -0.355 e. The fourth-order valence-corrected chi connectivity index (χ4v) is 3.77. The maximum atomic E-state index is 14.3. The third-order valence-corrected chi connectivity index (χ3v) is 5.27. The molecule has 30 heavy (non-hydrogen) atoms. The van der Waals surface area contributed by atoms with Gasteiger partial charge < -0.3 is 10.2 Å². The van der Waals surface area contributed by atoms with Crippen molar-refractivity contribution in [1.29, 1.82) is 0 Å². The summed E-state index contributed by atoms with van der Waals surface area (Å²) in [5.41, 5.74) is 0.388. The lowest BCUT2D eigenvalue weighted by Gasteiger charge is -2.24. The lowest BCUT2D eigenvalue weighted by atomic mass is 10.1. The number of nitrogens with zero attached hydrogens (tertiary/aromatic N) is 4. The lowest BCUT2D eigenvalue weighted by molar-refractivity contribution is 0.102. The van der Waals surface area contributed by atoms with Gasteiger partial charge in [-0.3, -0.25) is 9.48 Å². The summed E-state index contributed by atoms with van der Waals surface area (Å²) in [4.78, 5) is 19.2. The summed E-state index contributed by atoms with van der Waals surface area (Å²) < 4.78 is 30.1. The van der Waals surface area contributed by atoms with Crippen LogP contribution in [0.4, 0.5) is 20.3 Å². The fourth-order valence-electron chi connectivity index (χ4n) is 3.77. The maximum Gasteiger partial charge on any atom is 0.274 e. The van der Waals surface area contributed by atoms with Gasteiger partial charge in [-0.1, -0.05) is 25.0 Å². The van der Waals surface area contributed by atoms with Crippen LogP contribution in [-0.4, -0.2) is 33.8 Å². The first kappa shape index (κ1) is 20.0. The molecule has 4 rings (SSSR count). The van der Waals surface area contributed by atoms with Crippen LogP contribution >= 0.6 is 0 Å². The summed E-state index contributed by atoms with van der Waals surface area (Å²) in [5, 5.41) is 7.13. The molecule has 0 spiro atoms. The number of halogens is 2. The monoisotopic (exact) mass is 411 g/mol. The predicted octanol–water partition coefficient (Wildman–Crippen LogP) is 4.39. The Kier molecular flexibility index (Phi) is 5.74. The molecule has 0 saturated carbocycles. The normalized spacial score (nSPS) is 14.4. The summed E-state index contributed by atoms with van der Waals surface area (Å²) in [6.45, 7) is 1.79. The second kappa shape index (κ2) is 8.61. The Morgan fingerprint density at radius 1 is 1.00 bits per heavy atom. The summed E-state index contributed by atoms with van der Waals surface area (Å²) in [5.74, 6) is -0.959. The number of aryl methyl sites for hydroxylation is 1. The van der Waals surface area contributed by atoms with E-state index in [0.29, 0.717) is 5.69 Å². The highest BCUT2D eigenvalue weighted by Crippen LogP contribution is 2.28. The zero-order valence-corrected chi connectivity index (χ0v) is 16.7.